The molecule has 0 spiro atoms. The van der Waals surface area contributed by atoms with Crippen LogP contribution >= 0.6 is 0 Å². The fourth-order valence-electron chi connectivity index (χ4n) is 5.72. The van der Waals surface area contributed by atoms with Crippen molar-refractivity contribution in [3.05, 3.63) is 77.9 Å². The van der Waals surface area contributed by atoms with Crippen LogP contribution in [0, 0.1) is 11.7 Å². The number of ether oxygens (including phenoxy) is 1. The summed E-state index contributed by atoms with van der Waals surface area (Å²) < 4.78 is 20.4. The van der Waals surface area contributed by atoms with Gasteiger partial charge in [-0.1, -0.05) is 36.4 Å². The van der Waals surface area contributed by atoms with E-state index in [4.69, 9.17) is 4.74 Å². The maximum absolute atomic E-state index is 14.8. The number of hydrogen-bond donors (Lipinski definition) is 0. The molecule has 1 amide bonds. The summed E-state index contributed by atoms with van der Waals surface area (Å²) in [5.41, 5.74) is 1.07. The molecule has 2 saturated heterocycles. The van der Waals surface area contributed by atoms with Crippen LogP contribution in [0.3, 0.4) is 0 Å². The summed E-state index contributed by atoms with van der Waals surface area (Å²) >= 11 is 0. The normalized spacial score (nSPS) is 21.0. The van der Waals surface area contributed by atoms with Crippen molar-refractivity contribution in [2.45, 2.75) is 43.9 Å². The number of likely N-dealkylation sites (tertiary alicyclic amines) is 1. The molecule has 0 N–H and O–H groups in total. The second-order valence-corrected chi connectivity index (χ2v) is 9.48. The van der Waals surface area contributed by atoms with Gasteiger partial charge in [0.2, 0.25) is 5.91 Å². The highest BCUT2D eigenvalue weighted by molar-refractivity contribution is 5.88. The molecule has 0 bridgehead atoms. The van der Waals surface area contributed by atoms with E-state index in [9.17, 15) is 9.18 Å². The van der Waals surface area contributed by atoms with Crippen LogP contribution in [0.2, 0.25) is 0 Å². The number of nitrogens with zero attached hydrogens (tertiary/aromatic N) is 2. The maximum Gasteiger partial charge on any atom is 0.233 e. The quantitative estimate of drug-likeness (QED) is 0.547. The molecule has 4 nitrogen and oxygen atoms in total. The van der Waals surface area contributed by atoms with Gasteiger partial charge in [-0.25, -0.2) is 4.39 Å². The highest BCUT2D eigenvalue weighted by atomic mass is 19.1. The number of aromatic nitrogens is 1. The summed E-state index contributed by atoms with van der Waals surface area (Å²) in [5.74, 6) is 0.319. The topological polar surface area (TPSA) is 42.4 Å². The molecule has 2 fully saturated rings. The van der Waals surface area contributed by atoms with Crippen molar-refractivity contribution in [1.82, 2.24) is 9.88 Å². The number of carbonyl (C=O) groups excluding carboxylic acids is 1. The van der Waals surface area contributed by atoms with E-state index in [1.54, 1.807) is 12.1 Å². The Kier molecular flexibility index (Phi) is 6.41. The lowest BCUT2D eigenvalue weighted by atomic mass is 9.72. The second-order valence-electron chi connectivity index (χ2n) is 9.48. The molecular formula is C28H31FN2O2. The van der Waals surface area contributed by atoms with Crippen LogP contribution in [-0.2, 0) is 21.4 Å². The van der Waals surface area contributed by atoms with Gasteiger partial charge in [0.25, 0.3) is 0 Å². The zero-order valence-corrected chi connectivity index (χ0v) is 19.0. The summed E-state index contributed by atoms with van der Waals surface area (Å²) in [7, 11) is 0. The van der Waals surface area contributed by atoms with E-state index in [-0.39, 0.29) is 11.7 Å². The Labute approximate surface area is 194 Å². The van der Waals surface area contributed by atoms with Crippen LogP contribution in [0.25, 0.3) is 10.8 Å². The molecule has 2 aliphatic heterocycles. The molecular weight excluding hydrogens is 415 g/mol. The van der Waals surface area contributed by atoms with Gasteiger partial charge in [-0.05, 0) is 67.5 Å². The third-order valence-corrected chi connectivity index (χ3v) is 7.56. The lowest BCUT2D eigenvalue weighted by Gasteiger charge is -2.40. The molecule has 1 unspecified atom stereocenters. The summed E-state index contributed by atoms with van der Waals surface area (Å²) in [5, 5.41) is 2.44. The molecule has 0 radical (unpaired) electrons. The van der Waals surface area contributed by atoms with E-state index in [1.165, 1.54) is 22.4 Å². The van der Waals surface area contributed by atoms with Crippen LogP contribution in [-0.4, -0.2) is 42.1 Å². The van der Waals surface area contributed by atoms with Gasteiger partial charge in [0, 0.05) is 49.6 Å². The van der Waals surface area contributed by atoms with Gasteiger partial charge in [0.15, 0.2) is 0 Å². The minimum atomic E-state index is -0.813. The van der Waals surface area contributed by atoms with Gasteiger partial charge in [0.1, 0.15) is 5.82 Å². The van der Waals surface area contributed by atoms with Gasteiger partial charge < -0.3 is 9.64 Å². The zero-order valence-electron chi connectivity index (χ0n) is 19.0. The fourth-order valence-corrected chi connectivity index (χ4v) is 5.72. The van der Waals surface area contributed by atoms with E-state index >= 15 is 0 Å². The van der Waals surface area contributed by atoms with Gasteiger partial charge >= 0.3 is 0 Å². The van der Waals surface area contributed by atoms with Crippen LogP contribution in [0.1, 0.15) is 43.2 Å². The minimum absolute atomic E-state index is 0.0767. The molecule has 5 rings (SSSR count). The van der Waals surface area contributed by atoms with E-state index < -0.39 is 5.41 Å². The smallest absolute Gasteiger partial charge is 0.233 e. The molecule has 2 aliphatic rings. The highest BCUT2D eigenvalue weighted by Gasteiger charge is 2.45. The second kappa shape index (κ2) is 9.60. The minimum Gasteiger partial charge on any atom is -0.381 e. The molecule has 5 heteroatoms. The molecule has 2 aromatic carbocycles. The van der Waals surface area contributed by atoms with E-state index in [2.05, 4.69) is 29.2 Å². The van der Waals surface area contributed by atoms with Crippen molar-refractivity contribution in [3.63, 3.8) is 0 Å². The Bertz CT molecular complexity index is 1120. The average molecular weight is 447 g/mol. The number of amides is 1. The van der Waals surface area contributed by atoms with Crippen LogP contribution < -0.4 is 0 Å². The first-order chi connectivity index (χ1) is 16.2. The van der Waals surface area contributed by atoms with E-state index in [0.717, 1.165) is 38.8 Å². The monoisotopic (exact) mass is 446 g/mol. The molecule has 3 aromatic rings. The first-order valence-electron chi connectivity index (χ1n) is 12.1. The van der Waals surface area contributed by atoms with E-state index in [1.807, 2.05) is 23.4 Å². The van der Waals surface area contributed by atoms with Gasteiger partial charge in [-0.2, -0.15) is 0 Å². The van der Waals surface area contributed by atoms with Crippen LogP contribution in [0.5, 0.6) is 0 Å². The predicted molar refractivity (Wildman–Crippen MR) is 127 cm³/mol. The standard InChI is InChI=1S/C28H31FN2O2/c29-26-9-2-1-8-25(26)28(12-17-33-18-13-28)27(32)31-15-4-5-21(11-16-31)19-22-6-3-7-23-20-30-14-10-24(22)23/h1-3,6-10,14,20-21H,4-5,11-13,15-19H2. The molecule has 172 valence electrons. The number of pyridine rings is 1. The number of halogens is 1. The Morgan fingerprint density at radius 1 is 1.06 bits per heavy atom. The van der Waals surface area contributed by atoms with Crippen LogP contribution in [0.15, 0.2) is 60.9 Å². The van der Waals surface area contributed by atoms with Crippen molar-refractivity contribution in [2.24, 2.45) is 5.92 Å². The predicted octanol–water partition coefficient (Wildman–Crippen LogP) is 5.29. The molecule has 33 heavy (non-hydrogen) atoms. The lowest BCUT2D eigenvalue weighted by Crippen LogP contribution is -2.50. The van der Waals surface area contributed by atoms with Crippen molar-refractivity contribution in [1.29, 1.82) is 0 Å². The third kappa shape index (κ3) is 4.39. The number of carbonyl (C=O) groups is 1. The number of fused-ring (bicyclic) bond motifs is 1. The van der Waals surface area contributed by atoms with Crippen LogP contribution in [0.4, 0.5) is 4.39 Å². The van der Waals surface area contributed by atoms with E-state index in [0.29, 0.717) is 37.5 Å². The molecule has 1 atom stereocenters. The Morgan fingerprint density at radius 3 is 2.76 bits per heavy atom. The lowest BCUT2D eigenvalue weighted by molar-refractivity contribution is -0.141. The van der Waals surface area contributed by atoms with Crippen molar-refractivity contribution in [2.75, 3.05) is 26.3 Å². The maximum atomic E-state index is 14.8. The SMILES string of the molecule is O=C(N1CCCC(Cc2cccc3cnccc23)CC1)C1(c2ccccc2F)CCOCC1. The largest absolute Gasteiger partial charge is 0.381 e. The first-order valence-corrected chi connectivity index (χ1v) is 12.1. The average Bonchev–Trinajstić information content (AvgIpc) is 3.10. The first kappa shape index (κ1) is 22.0. The molecule has 0 saturated carbocycles. The molecule has 3 heterocycles. The highest BCUT2D eigenvalue weighted by Crippen LogP contribution is 2.39. The fraction of sp³-hybridized carbons (Fsp3) is 0.429. The summed E-state index contributed by atoms with van der Waals surface area (Å²) in [6, 6.07) is 15.3. The number of benzene rings is 2. The summed E-state index contributed by atoms with van der Waals surface area (Å²) in [6.07, 6.45) is 8.91. The third-order valence-electron chi connectivity index (χ3n) is 7.56. The van der Waals surface area contributed by atoms with Gasteiger partial charge in [-0.15, -0.1) is 0 Å². The molecule has 1 aromatic heterocycles. The van der Waals surface area contributed by atoms with Crippen molar-refractivity contribution < 1.29 is 13.9 Å². The van der Waals surface area contributed by atoms with Crippen molar-refractivity contribution >= 4 is 16.7 Å². The Morgan fingerprint density at radius 2 is 1.91 bits per heavy atom. The van der Waals surface area contributed by atoms with Crippen molar-refractivity contribution in [3.8, 4) is 0 Å². The number of hydrogen-bond acceptors (Lipinski definition) is 3. The molecule has 0 aliphatic carbocycles. The zero-order chi connectivity index (χ0) is 22.7. The number of rotatable bonds is 4. The summed E-state index contributed by atoms with van der Waals surface area (Å²) in [4.78, 5) is 20.2. The Hall–Kier alpha value is -2.79. The summed E-state index contributed by atoms with van der Waals surface area (Å²) in [6.45, 7) is 2.46. The Balaban J connectivity index is 1.33. The van der Waals surface area contributed by atoms with Gasteiger partial charge in [0.05, 0.1) is 5.41 Å². The van der Waals surface area contributed by atoms with Gasteiger partial charge in [-0.3, -0.25) is 9.78 Å².